The summed E-state index contributed by atoms with van der Waals surface area (Å²) in [6.07, 6.45) is 0. The zero-order valence-electron chi connectivity index (χ0n) is 7.65. The highest BCUT2D eigenvalue weighted by Crippen LogP contribution is 2.63. The lowest BCUT2D eigenvalue weighted by Crippen LogP contribution is -2.15. The van der Waals surface area contributed by atoms with Crippen LogP contribution in [0.2, 0.25) is 0 Å². The smallest absolute Gasteiger partial charge is 0.320 e. The zero-order chi connectivity index (χ0) is 11.7. The fourth-order valence-electron chi connectivity index (χ4n) is 0.972. The monoisotopic (exact) mass is 300 g/mol. The van der Waals surface area contributed by atoms with Crippen molar-refractivity contribution in [3.8, 4) is 0 Å². The van der Waals surface area contributed by atoms with Crippen molar-refractivity contribution >= 4 is 23.5 Å². The van der Waals surface area contributed by atoms with Crippen LogP contribution in [0.15, 0.2) is 28.7 Å². The van der Waals surface area contributed by atoms with Crippen LogP contribution < -0.4 is 0 Å². The third kappa shape index (κ3) is 2.28. The van der Waals surface area contributed by atoms with E-state index >= 15 is 0 Å². The Morgan fingerprint density at radius 1 is 1.47 bits per heavy atom. The van der Waals surface area contributed by atoms with Gasteiger partial charge in [-0.25, -0.2) is 0 Å². The molecule has 1 N–H and O–H groups in total. The molecule has 0 saturated heterocycles. The molecule has 1 aromatic rings. The normalized spacial score (nSPS) is 16.1. The summed E-state index contributed by atoms with van der Waals surface area (Å²) in [6, 6.07) is 5.30. The van der Waals surface area contributed by atoms with Crippen molar-refractivity contribution < 1.29 is 22.8 Å². The van der Waals surface area contributed by atoms with Crippen LogP contribution in [0.1, 0.15) is 5.56 Å². The molecule has 1 aromatic carbocycles. The summed E-state index contributed by atoms with van der Waals surface area (Å²) in [5, 5.41) is 0. The van der Waals surface area contributed by atoms with Crippen molar-refractivity contribution in [1.82, 2.24) is 0 Å². The molecule has 0 heterocycles. The van der Waals surface area contributed by atoms with E-state index in [2.05, 4.69) is 20.5 Å². The van der Waals surface area contributed by atoms with Crippen LogP contribution in [0.25, 0.3) is 0 Å². The molecule has 15 heavy (non-hydrogen) atoms. The minimum atomic E-state index is -4.99. The molecule has 0 fully saturated rings. The first kappa shape index (κ1) is 12.8. The number of halogens is 3. The van der Waals surface area contributed by atoms with Crippen LogP contribution in [0.4, 0.5) is 8.78 Å². The van der Waals surface area contributed by atoms with E-state index in [1.807, 2.05) is 0 Å². The predicted octanol–water partition coefficient (Wildman–Crippen LogP) is 3.33. The van der Waals surface area contributed by atoms with E-state index in [0.717, 1.165) is 13.2 Å². The van der Waals surface area contributed by atoms with Gasteiger partial charge in [0.2, 0.25) is 0 Å². The Hall–Kier alpha value is -0.290. The van der Waals surface area contributed by atoms with Gasteiger partial charge in [0.15, 0.2) is 0 Å². The van der Waals surface area contributed by atoms with Crippen LogP contribution >= 0.6 is 23.5 Å². The van der Waals surface area contributed by atoms with Crippen molar-refractivity contribution in [1.29, 1.82) is 0 Å². The molecule has 0 saturated carbocycles. The van der Waals surface area contributed by atoms with Crippen molar-refractivity contribution in [2.24, 2.45) is 0 Å². The topological polar surface area (TPSA) is 46.5 Å². The van der Waals surface area contributed by atoms with Gasteiger partial charge in [-0.2, -0.15) is 8.78 Å². The van der Waals surface area contributed by atoms with Crippen molar-refractivity contribution in [3.05, 3.63) is 34.3 Å². The van der Waals surface area contributed by atoms with Gasteiger partial charge in [-0.05, 0) is 6.07 Å². The number of hydrogen-bond acceptors (Lipinski definition) is 2. The number of alkyl halides is 2. The van der Waals surface area contributed by atoms with Gasteiger partial charge in [-0.3, -0.25) is 4.57 Å². The predicted molar refractivity (Wildman–Crippen MR) is 54.9 cm³/mol. The summed E-state index contributed by atoms with van der Waals surface area (Å²) in [5.41, 5.74) is -4.50. The molecule has 0 amide bonds. The Bertz CT molecular complexity index is 411. The molecule has 1 unspecified atom stereocenters. The Morgan fingerprint density at radius 3 is 2.47 bits per heavy atom. The lowest BCUT2D eigenvalue weighted by molar-refractivity contribution is 0.0503. The van der Waals surface area contributed by atoms with E-state index in [9.17, 15) is 13.3 Å². The van der Waals surface area contributed by atoms with Crippen LogP contribution in [0, 0.1) is 0 Å². The van der Waals surface area contributed by atoms with Crippen molar-refractivity contribution in [2.75, 3.05) is 7.11 Å². The molecule has 0 spiro atoms. The second-order valence-corrected chi connectivity index (χ2v) is 5.55. The van der Waals surface area contributed by atoms with Gasteiger partial charge in [0.25, 0.3) is 0 Å². The Labute approximate surface area is 93.7 Å². The van der Waals surface area contributed by atoms with Crippen molar-refractivity contribution in [2.45, 2.75) is 5.66 Å². The maximum absolute atomic E-state index is 13.5. The lowest BCUT2D eigenvalue weighted by atomic mass is 10.2. The summed E-state index contributed by atoms with van der Waals surface area (Å²) in [7, 11) is -4.22. The van der Waals surface area contributed by atoms with Crippen LogP contribution in [-0.2, 0) is 14.8 Å². The third-order valence-corrected chi connectivity index (χ3v) is 3.94. The first-order valence-electron chi connectivity index (χ1n) is 3.84. The highest BCUT2D eigenvalue weighted by molar-refractivity contribution is 9.10. The fourth-order valence-corrected chi connectivity index (χ4v) is 2.39. The van der Waals surface area contributed by atoms with E-state index in [1.165, 1.54) is 18.2 Å². The first-order chi connectivity index (χ1) is 6.83. The molecule has 7 heteroatoms. The van der Waals surface area contributed by atoms with Crippen LogP contribution in [0.5, 0.6) is 0 Å². The molecule has 1 atom stereocenters. The molecule has 1 rings (SSSR count). The number of benzene rings is 1. The van der Waals surface area contributed by atoms with Gasteiger partial charge in [-0.15, -0.1) is 0 Å². The van der Waals surface area contributed by atoms with Crippen molar-refractivity contribution in [3.63, 3.8) is 0 Å². The Morgan fingerprint density at radius 2 is 2.00 bits per heavy atom. The van der Waals surface area contributed by atoms with Gasteiger partial charge in [-0.1, -0.05) is 34.1 Å². The average molecular weight is 301 g/mol. The lowest BCUT2D eigenvalue weighted by Gasteiger charge is -2.21. The Balaban J connectivity index is 3.29. The van der Waals surface area contributed by atoms with Crippen LogP contribution in [-0.4, -0.2) is 12.0 Å². The van der Waals surface area contributed by atoms with E-state index in [0.29, 0.717) is 0 Å². The van der Waals surface area contributed by atoms with Gasteiger partial charge >= 0.3 is 13.3 Å². The average Bonchev–Trinajstić information content (AvgIpc) is 2.18. The Kier molecular flexibility index (Phi) is 3.66. The molecule has 3 nitrogen and oxygen atoms in total. The summed E-state index contributed by atoms with van der Waals surface area (Å²) in [6.45, 7) is 0. The number of rotatable bonds is 3. The molecule has 0 aromatic heterocycles. The van der Waals surface area contributed by atoms with Gasteiger partial charge in [0.1, 0.15) is 0 Å². The van der Waals surface area contributed by atoms with Gasteiger partial charge in [0, 0.05) is 17.1 Å². The second kappa shape index (κ2) is 4.29. The van der Waals surface area contributed by atoms with Crippen LogP contribution in [0.3, 0.4) is 0 Å². The summed E-state index contributed by atoms with van der Waals surface area (Å²) in [5.74, 6) is 0. The highest BCUT2D eigenvalue weighted by atomic mass is 79.9. The fraction of sp³-hybridized carbons (Fsp3) is 0.250. The second-order valence-electron chi connectivity index (χ2n) is 2.72. The minimum absolute atomic E-state index is 0.0568. The minimum Gasteiger partial charge on any atom is -0.320 e. The molecular formula is C8H8BrF2O3P. The van der Waals surface area contributed by atoms with Gasteiger partial charge in [0.05, 0.1) is 0 Å². The maximum atomic E-state index is 13.5. The standard InChI is InChI=1S/C8H8BrF2O3P/c1-14-15(12,13)8(10,11)6-4-2-3-5-7(6)9/h2-5H,1H3,(H,12,13). The molecule has 0 aliphatic heterocycles. The molecule has 84 valence electrons. The zero-order valence-corrected chi connectivity index (χ0v) is 10.1. The first-order valence-corrected chi connectivity index (χ1v) is 6.21. The quantitative estimate of drug-likeness (QED) is 0.871. The molecule has 0 bridgehead atoms. The van der Waals surface area contributed by atoms with E-state index in [4.69, 9.17) is 4.89 Å². The SMILES string of the molecule is COP(=O)(O)C(F)(F)c1ccccc1Br. The molecule has 0 aliphatic rings. The van der Waals surface area contributed by atoms with Gasteiger partial charge < -0.3 is 9.42 Å². The van der Waals surface area contributed by atoms with E-state index in [1.54, 1.807) is 0 Å². The largest absolute Gasteiger partial charge is 0.401 e. The molecule has 0 radical (unpaired) electrons. The third-order valence-electron chi connectivity index (χ3n) is 1.80. The number of hydrogen-bond donors (Lipinski definition) is 1. The maximum Gasteiger partial charge on any atom is 0.401 e. The van der Waals surface area contributed by atoms with E-state index < -0.39 is 18.8 Å². The summed E-state index contributed by atoms with van der Waals surface area (Å²) >= 11 is 2.89. The molecular weight excluding hydrogens is 293 g/mol. The van der Waals surface area contributed by atoms with E-state index in [-0.39, 0.29) is 4.47 Å². The summed E-state index contributed by atoms with van der Waals surface area (Å²) < 4.78 is 42.2. The summed E-state index contributed by atoms with van der Waals surface area (Å²) in [4.78, 5) is 8.99. The molecule has 0 aliphatic carbocycles. The highest BCUT2D eigenvalue weighted by Gasteiger charge is 2.52.